The molecule has 7 heteroatoms. The molecule has 0 fully saturated rings. The van der Waals surface area contributed by atoms with Crippen molar-refractivity contribution in [2.24, 2.45) is 7.05 Å². The third kappa shape index (κ3) is 3.47. The molecule has 1 aromatic carbocycles. The SMILES string of the molecule is CCc1nn(C)c(CC)c1CNc1c(C)cc([N+](=O)[O-])cc1Cl. The highest BCUT2D eigenvalue weighted by molar-refractivity contribution is 6.33. The second-order valence-electron chi connectivity index (χ2n) is 5.43. The maximum Gasteiger partial charge on any atom is 0.271 e. The van der Waals surface area contributed by atoms with E-state index in [2.05, 4.69) is 24.3 Å². The number of nitro benzene ring substituents is 1. The fourth-order valence-electron chi connectivity index (χ4n) is 2.83. The summed E-state index contributed by atoms with van der Waals surface area (Å²) in [5, 5.41) is 19.1. The van der Waals surface area contributed by atoms with Crippen molar-refractivity contribution in [2.45, 2.75) is 40.2 Å². The maximum atomic E-state index is 10.9. The van der Waals surface area contributed by atoms with Crippen LogP contribution in [0, 0.1) is 17.0 Å². The van der Waals surface area contributed by atoms with Crippen LogP contribution in [-0.2, 0) is 26.4 Å². The molecule has 0 saturated heterocycles. The molecule has 1 N–H and O–H groups in total. The number of rotatable bonds is 6. The van der Waals surface area contributed by atoms with Gasteiger partial charge in [-0.15, -0.1) is 0 Å². The van der Waals surface area contributed by atoms with Crippen LogP contribution >= 0.6 is 11.6 Å². The van der Waals surface area contributed by atoms with E-state index < -0.39 is 4.92 Å². The lowest BCUT2D eigenvalue weighted by Crippen LogP contribution is -2.06. The van der Waals surface area contributed by atoms with Gasteiger partial charge >= 0.3 is 0 Å². The molecule has 0 aliphatic carbocycles. The van der Waals surface area contributed by atoms with Gasteiger partial charge in [0.15, 0.2) is 0 Å². The zero-order valence-corrected chi connectivity index (χ0v) is 14.6. The van der Waals surface area contributed by atoms with Gasteiger partial charge in [-0.3, -0.25) is 14.8 Å². The molecule has 124 valence electrons. The molecule has 1 heterocycles. The van der Waals surface area contributed by atoms with Crippen molar-refractivity contribution in [1.82, 2.24) is 9.78 Å². The van der Waals surface area contributed by atoms with E-state index in [1.165, 1.54) is 23.4 Å². The van der Waals surface area contributed by atoms with Gasteiger partial charge in [-0.25, -0.2) is 0 Å². The van der Waals surface area contributed by atoms with Crippen molar-refractivity contribution >= 4 is 23.0 Å². The van der Waals surface area contributed by atoms with Gasteiger partial charge in [0.1, 0.15) is 0 Å². The predicted octanol–water partition coefficient (Wildman–Crippen LogP) is 4.03. The molecule has 0 radical (unpaired) electrons. The van der Waals surface area contributed by atoms with Gasteiger partial charge in [-0.05, 0) is 25.3 Å². The quantitative estimate of drug-likeness (QED) is 0.638. The highest BCUT2D eigenvalue weighted by Gasteiger charge is 2.16. The number of aromatic nitrogens is 2. The van der Waals surface area contributed by atoms with E-state index in [1.807, 2.05) is 18.7 Å². The summed E-state index contributed by atoms with van der Waals surface area (Å²) in [4.78, 5) is 10.4. The first-order chi connectivity index (χ1) is 10.9. The molecule has 0 saturated carbocycles. The number of nitrogens with zero attached hydrogens (tertiary/aromatic N) is 3. The molecule has 0 aliphatic heterocycles. The minimum Gasteiger partial charge on any atom is -0.379 e. The second-order valence-corrected chi connectivity index (χ2v) is 5.84. The first-order valence-corrected chi connectivity index (χ1v) is 7.98. The summed E-state index contributed by atoms with van der Waals surface area (Å²) >= 11 is 6.21. The van der Waals surface area contributed by atoms with Gasteiger partial charge in [-0.1, -0.05) is 25.4 Å². The van der Waals surface area contributed by atoms with Gasteiger partial charge in [0.2, 0.25) is 0 Å². The smallest absolute Gasteiger partial charge is 0.271 e. The molecular weight excluding hydrogens is 316 g/mol. The van der Waals surface area contributed by atoms with Gasteiger partial charge in [0.05, 0.1) is 21.3 Å². The van der Waals surface area contributed by atoms with Crippen molar-refractivity contribution in [1.29, 1.82) is 0 Å². The van der Waals surface area contributed by atoms with Crippen molar-refractivity contribution in [3.63, 3.8) is 0 Å². The molecule has 6 nitrogen and oxygen atoms in total. The zero-order chi connectivity index (χ0) is 17.1. The Labute approximate surface area is 140 Å². The Balaban J connectivity index is 2.30. The molecule has 0 aliphatic rings. The average Bonchev–Trinajstić information content (AvgIpc) is 2.81. The number of halogens is 1. The van der Waals surface area contributed by atoms with Crippen LogP contribution in [0.25, 0.3) is 0 Å². The van der Waals surface area contributed by atoms with Gasteiger partial charge in [0, 0.05) is 37.0 Å². The standard InChI is InChI=1S/C16H21ClN4O2/c1-5-14-12(15(6-2)20(4)19-14)9-18-16-10(3)7-11(21(22)23)8-13(16)17/h7-8,18H,5-6,9H2,1-4H3. The van der Waals surface area contributed by atoms with Crippen LogP contribution in [0.4, 0.5) is 11.4 Å². The molecule has 23 heavy (non-hydrogen) atoms. The van der Waals surface area contributed by atoms with Crippen LogP contribution in [-0.4, -0.2) is 14.7 Å². The minimum absolute atomic E-state index is 0.00271. The number of anilines is 1. The number of hydrogen-bond donors (Lipinski definition) is 1. The van der Waals surface area contributed by atoms with Crippen LogP contribution in [0.1, 0.15) is 36.4 Å². The highest BCUT2D eigenvalue weighted by atomic mass is 35.5. The summed E-state index contributed by atoms with van der Waals surface area (Å²) in [5.41, 5.74) is 4.90. The Hall–Kier alpha value is -2.08. The number of aryl methyl sites for hydroxylation is 3. The molecule has 2 aromatic rings. The summed E-state index contributed by atoms with van der Waals surface area (Å²) in [6.07, 6.45) is 1.76. The molecule has 0 unspecified atom stereocenters. The topological polar surface area (TPSA) is 73.0 Å². The van der Waals surface area contributed by atoms with Gasteiger partial charge in [0.25, 0.3) is 5.69 Å². The van der Waals surface area contributed by atoms with Crippen LogP contribution in [0.5, 0.6) is 0 Å². The number of nitro groups is 1. The van der Waals surface area contributed by atoms with Gasteiger partial charge in [-0.2, -0.15) is 5.10 Å². The third-order valence-electron chi connectivity index (χ3n) is 3.95. The summed E-state index contributed by atoms with van der Waals surface area (Å²) < 4.78 is 1.92. The lowest BCUT2D eigenvalue weighted by Gasteiger charge is -2.13. The maximum absolute atomic E-state index is 10.9. The summed E-state index contributed by atoms with van der Waals surface area (Å²) in [7, 11) is 1.95. The first kappa shape index (κ1) is 17.3. The predicted molar refractivity (Wildman–Crippen MR) is 92.1 cm³/mol. The Morgan fingerprint density at radius 2 is 2.04 bits per heavy atom. The van der Waals surface area contributed by atoms with E-state index >= 15 is 0 Å². The molecule has 1 aromatic heterocycles. The number of benzene rings is 1. The lowest BCUT2D eigenvalue weighted by atomic mass is 10.1. The summed E-state index contributed by atoms with van der Waals surface area (Å²) in [6, 6.07) is 2.90. The van der Waals surface area contributed by atoms with Crippen LogP contribution < -0.4 is 5.32 Å². The fraction of sp³-hybridized carbons (Fsp3) is 0.438. The van der Waals surface area contributed by atoms with Crippen molar-refractivity contribution in [3.05, 3.63) is 49.8 Å². The Bertz CT molecular complexity index is 717. The van der Waals surface area contributed by atoms with E-state index in [4.69, 9.17) is 11.6 Å². The number of hydrogen-bond acceptors (Lipinski definition) is 4. The normalized spacial score (nSPS) is 10.8. The molecule has 0 bridgehead atoms. The van der Waals surface area contributed by atoms with E-state index in [-0.39, 0.29) is 5.69 Å². The largest absolute Gasteiger partial charge is 0.379 e. The number of non-ortho nitro benzene ring substituents is 1. The van der Waals surface area contributed by atoms with Crippen molar-refractivity contribution < 1.29 is 4.92 Å². The molecule has 0 spiro atoms. The Morgan fingerprint density at radius 1 is 1.35 bits per heavy atom. The summed E-state index contributed by atoms with van der Waals surface area (Å²) in [5.74, 6) is 0. The monoisotopic (exact) mass is 336 g/mol. The van der Waals surface area contributed by atoms with Crippen LogP contribution in [0.15, 0.2) is 12.1 Å². The van der Waals surface area contributed by atoms with Crippen LogP contribution in [0.2, 0.25) is 5.02 Å². The zero-order valence-electron chi connectivity index (χ0n) is 13.8. The van der Waals surface area contributed by atoms with Crippen molar-refractivity contribution in [3.8, 4) is 0 Å². The van der Waals surface area contributed by atoms with E-state index in [9.17, 15) is 10.1 Å². The van der Waals surface area contributed by atoms with E-state index in [0.29, 0.717) is 11.6 Å². The Morgan fingerprint density at radius 3 is 2.57 bits per heavy atom. The average molecular weight is 337 g/mol. The molecule has 0 amide bonds. The Kier molecular flexibility index (Phi) is 5.26. The first-order valence-electron chi connectivity index (χ1n) is 7.61. The molecule has 2 rings (SSSR count). The molecular formula is C16H21ClN4O2. The minimum atomic E-state index is -0.436. The number of nitrogens with one attached hydrogen (secondary N) is 1. The highest BCUT2D eigenvalue weighted by Crippen LogP contribution is 2.31. The fourth-order valence-corrected chi connectivity index (χ4v) is 3.15. The third-order valence-corrected chi connectivity index (χ3v) is 4.25. The van der Waals surface area contributed by atoms with Crippen LogP contribution in [0.3, 0.4) is 0 Å². The van der Waals surface area contributed by atoms with Gasteiger partial charge < -0.3 is 5.32 Å². The lowest BCUT2D eigenvalue weighted by molar-refractivity contribution is -0.384. The van der Waals surface area contributed by atoms with Crippen molar-refractivity contribution in [2.75, 3.05) is 5.32 Å². The molecule has 0 atom stereocenters. The van der Waals surface area contributed by atoms with E-state index in [0.717, 1.165) is 29.8 Å². The second kappa shape index (κ2) is 7.00. The van der Waals surface area contributed by atoms with E-state index in [1.54, 1.807) is 0 Å². The summed E-state index contributed by atoms with van der Waals surface area (Å²) in [6.45, 7) is 6.59.